The van der Waals surface area contributed by atoms with E-state index in [2.05, 4.69) is 36.3 Å². The number of ether oxygens (including phenoxy) is 3. The summed E-state index contributed by atoms with van der Waals surface area (Å²) in [6, 6.07) is 11.2. The van der Waals surface area contributed by atoms with Crippen molar-refractivity contribution in [1.29, 1.82) is 0 Å². The van der Waals surface area contributed by atoms with Crippen LogP contribution in [0.25, 0.3) is 28.0 Å². The van der Waals surface area contributed by atoms with Gasteiger partial charge in [-0.2, -0.15) is 0 Å². The molecule has 7 rings (SSSR count). The molecule has 42 heavy (non-hydrogen) atoms. The van der Waals surface area contributed by atoms with Crippen LogP contribution in [0.4, 0.5) is 10.2 Å². The number of aliphatic hydroxyl groups excluding tert-OH is 1. The molecule has 7 nitrogen and oxygen atoms in total. The highest BCUT2D eigenvalue weighted by atomic mass is 19.1. The van der Waals surface area contributed by atoms with Crippen LogP contribution < -0.4 is 9.64 Å². The van der Waals surface area contributed by atoms with Crippen LogP contribution >= 0.6 is 0 Å². The van der Waals surface area contributed by atoms with Gasteiger partial charge in [-0.3, -0.25) is 4.40 Å². The van der Waals surface area contributed by atoms with E-state index in [0.717, 1.165) is 71.8 Å². The summed E-state index contributed by atoms with van der Waals surface area (Å²) in [5.74, 6) is 1.27. The number of aryl methyl sites for hydroxylation is 1. The molecule has 3 aliphatic rings. The average molecular weight is 574 g/mol. The SMILES string of the molecule is CCc1c(C)c(CO)c2nc3cn2c1N1CCC(C)(CC1)OCCOCCOc1cc(C)cc(F)c1-c1cccc-3c1. The molecule has 1 saturated heterocycles. The fourth-order valence-corrected chi connectivity index (χ4v) is 6.45. The van der Waals surface area contributed by atoms with Gasteiger partial charge in [0.15, 0.2) is 0 Å². The number of nitrogens with zero attached hydrogens (tertiary/aromatic N) is 3. The lowest BCUT2D eigenvalue weighted by Crippen LogP contribution is -2.45. The molecular weight excluding hydrogens is 533 g/mol. The minimum atomic E-state index is -0.334. The number of hydrogen-bond donors (Lipinski definition) is 1. The second-order valence-corrected chi connectivity index (χ2v) is 11.7. The Kier molecular flexibility index (Phi) is 7.96. The van der Waals surface area contributed by atoms with E-state index in [-0.39, 0.29) is 18.0 Å². The second-order valence-electron chi connectivity index (χ2n) is 11.7. The molecule has 3 aliphatic heterocycles. The number of piperidine rings is 1. The number of anilines is 1. The summed E-state index contributed by atoms with van der Waals surface area (Å²) in [5, 5.41) is 10.5. The Morgan fingerprint density at radius 2 is 1.76 bits per heavy atom. The number of pyridine rings is 1. The van der Waals surface area contributed by atoms with Gasteiger partial charge in [0, 0.05) is 30.4 Å². The van der Waals surface area contributed by atoms with Crippen molar-refractivity contribution >= 4 is 11.5 Å². The zero-order valence-electron chi connectivity index (χ0n) is 25.0. The van der Waals surface area contributed by atoms with Crippen molar-refractivity contribution in [3.05, 3.63) is 70.7 Å². The summed E-state index contributed by atoms with van der Waals surface area (Å²) in [7, 11) is 0. The van der Waals surface area contributed by atoms with E-state index in [1.54, 1.807) is 0 Å². The number of aromatic nitrogens is 2. The zero-order chi connectivity index (χ0) is 29.4. The standard InChI is InChI=1S/C34H40FN3O4/c1-5-26-23(3)27(21-39)32-36-29-20-38(32)33(26)37-11-9-34(4,10-12-37)42-16-14-40-13-15-41-30-18-22(2)17-28(35)31(30)25-8-6-7-24(29)19-25/h6-8,17-20,39H,5,9-16,21H2,1-4H3. The third-order valence-electron chi connectivity index (χ3n) is 8.82. The first-order valence-corrected chi connectivity index (χ1v) is 15.0. The molecular formula is C34H40FN3O4. The fraction of sp³-hybridized carbons (Fsp3) is 0.441. The Hall–Kier alpha value is -3.46. The third kappa shape index (κ3) is 5.27. The first-order valence-electron chi connectivity index (χ1n) is 15.0. The normalized spacial score (nSPS) is 17.3. The molecule has 4 aromatic rings. The Balaban J connectivity index is 1.53. The molecule has 6 bridgehead atoms. The van der Waals surface area contributed by atoms with Crippen LogP contribution in [-0.2, 0) is 22.5 Å². The number of fused-ring (bicyclic) bond motifs is 8. The van der Waals surface area contributed by atoms with Gasteiger partial charge in [-0.05, 0) is 80.5 Å². The van der Waals surface area contributed by atoms with Crippen LogP contribution in [0.15, 0.2) is 42.6 Å². The molecule has 0 saturated carbocycles. The molecule has 8 heteroatoms. The molecule has 0 unspecified atom stereocenters. The van der Waals surface area contributed by atoms with Gasteiger partial charge >= 0.3 is 0 Å². The number of hydrogen-bond acceptors (Lipinski definition) is 6. The number of benzene rings is 2. The van der Waals surface area contributed by atoms with Gasteiger partial charge in [-0.1, -0.05) is 25.1 Å². The van der Waals surface area contributed by atoms with Gasteiger partial charge < -0.3 is 24.2 Å². The Morgan fingerprint density at radius 1 is 1.00 bits per heavy atom. The number of rotatable bonds is 2. The minimum absolute atomic E-state index is 0.0949. The van der Waals surface area contributed by atoms with E-state index >= 15 is 4.39 Å². The molecule has 2 aromatic heterocycles. The predicted octanol–water partition coefficient (Wildman–Crippen LogP) is 6.26. The van der Waals surface area contributed by atoms with E-state index in [9.17, 15) is 5.11 Å². The first kappa shape index (κ1) is 28.6. The summed E-state index contributed by atoms with van der Waals surface area (Å²) >= 11 is 0. The van der Waals surface area contributed by atoms with Crippen LogP contribution in [0.3, 0.4) is 0 Å². The van der Waals surface area contributed by atoms with Crippen molar-refractivity contribution in [2.75, 3.05) is 44.4 Å². The summed E-state index contributed by atoms with van der Waals surface area (Å²) in [5.41, 5.74) is 7.21. The topological polar surface area (TPSA) is 68.5 Å². The molecule has 1 fully saturated rings. The zero-order valence-corrected chi connectivity index (χ0v) is 25.0. The van der Waals surface area contributed by atoms with Gasteiger partial charge in [-0.25, -0.2) is 9.37 Å². The molecule has 0 aliphatic carbocycles. The highest BCUT2D eigenvalue weighted by Crippen LogP contribution is 2.39. The molecule has 1 N–H and O–H groups in total. The largest absolute Gasteiger partial charge is 0.490 e. The van der Waals surface area contributed by atoms with E-state index in [1.165, 1.54) is 11.6 Å². The van der Waals surface area contributed by atoms with Crippen molar-refractivity contribution < 1.29 is 23.7 Å². The predicted molar refractivity (Wildman–Crippen MR) is 163 cm³/mol. The lowest BCUT2D eigenvalue weighted by Gasteiger charge is -2.41. The van der Waals surface area contributed by atoms with E-state index in [1.807, 2.05) is 37.3 Å². The van der Waals surface area contributed by atoms with Crippen LogP contribution in [0.1, 0.15) is 48.9 Å². The van der Waals surface area contributed by atoms with Gasteiger partial charge in [-0.15, -0.1) is 0 Å². The molecule has 0 amide bonds. The maximum Gasteiger partial charge on any atom is 0.144 e. The highest BCUT2D eigenvalue weighted by Gasteiger charge is 2.33. The van der Waals surface area contributed by atoms with Crippen molar-refractivity contribution in [2.45, 2.75) is 59.2 Å². The minimum Gasteiger partial charge on any atom is -0.490 e. The van der Waals surface area contributed by atoms with Crippen LogP contribution in [0.5, 0.6) is 5.75 Å². The summed E-state index contributed by atoms with van der Waals surface area (Å²) in [6.45, 7) is 11.6. The smallest absolute Gasteiger partial charge is 0.144 e. The maximum absolute atomic E-state index is 15.5. The fourth-order valence-electron chi connectivity index (χ4n) is 6.45. The van der Waals surface area contributed by atoms with E-state index in [0.29, 0.717) is 43.3 Å². The van der Waals surface area contributed by atoms with Crippen molar-refractivity contribution in [3.8, 4) is 28.1 Å². The third-order valence-corrected chi connectivity index (χ3v) is 8.82. The van der Waals surface area contributed by atoms with Crippen molar-refractivity contribution in [2.24, 2.45) is 0 Å². The monoisotopic (exact) mass is 573 g/mol. The van der Waals surface area contributed by atoms with Crippen molar-refractivity contribution in [1.82, 2.24) is 9.38 Å². The van der Waals surface area contributed by atoms with Gasteiger partial charge in [0.1, 0.15) is 29.6 Å². The summed E-state index contributed by atoms with van der Waals surface area (Å²) in [6.07, 6.45) is 4.69. The molecule has 222 valence electrons. The lowest BCUT2D eigenvalue weighted by molar-refractivity contribution is -0.0708. The molecule has 2 aromatic carbocycles. The molecule has 0 atom stereocenters. The van der Waals surface area contributed by atoms with Gasteiger partial charge in [0.2, 0.25) is 0 Å². The molecule has 5 heterocycles. The van der Waals surface area contributed by atoms with Gasteiger partial charge in [0.05, 0.1) is 43.3 Å². The summed E-state index contributed by atoms with van der Waals surface area (Å²) in [4.78, 5) is 7.50. The maximum atomic E-state index is 15.5. The van der Waals surface area contributed by atoms with Gasteiger partial charge in [0.25, 0.3) is 0 Å². The number of imidazole rings is 1. The highest BCUT2D eigenvalue weighted by molar-refractivity contribution is 5.78. The molecule has 0 spiro atoms. The molecule has 0 radical (unpaired) electrons. The van der Waals surface area contributed by atoms with Crippen LogP contribution in [0.2, 0.25) is 0 Å². The van der Waals surface area contributed by atoms with Crippen molar-refractivity contribution in [3.63, 3.8) is 0 Å². The quantitative estimate of drug-likeness (QED) is 0.286. The average Bonchev–Trinajstić information content (AvgIpc) is 3.41. The van der Waals surface area contributed by atoms with E-state index in [4.69, 9.17) is 19.2 Å². The number of halogens is 1. The first-order chi connectivity index (χ1) is 20.3. The van der Waals surface area contributed by atoms with Crippen LogP contribution in [0, 0.1) is 19.7 Å². The lowest BCUT2D eigenvalue weighted by atomic mass is 9.92. The van der Waals surface area contributed by atoms with Crippen LogP contribution in [-0.4, -0.2) is 59.6 Å². The Labute approximate surface area is 246 Å². The van der Waals surface area contributed by atoms with E-state index < -0.39 is 0 Å². The Morgan fingerprint density at radius 3 is 2.52 bits per heavy atom. The summed E-state index contributed by atoms with van der Waals surface area (Å²) < 4.78 is 35.9. The second kappa shape index (κ2) is 11.7. The Bertz CT molecular complexity index is 1610. The number of aliphatic hydroxyl groups is 1.